The molecule has 0 aliphatic carbocycles. The highest BCUT2D eigenvalue weighted by atomic mass is 16.5. The van der Waals surface area contributed by atoms with Gasteiger partial charge in [0.15, 0.2) is 5.65 Å². The largest absolute Gasteiger partial charge is 0.375 e. The summed E-state index contributed by atoms with van der Waals surface area (Å²) in [6.45, 7) is 8.15. The first kappa shape index (κ1) is 15.9. The molecule has 0 saturated carbocycles. The summed E-state index contributed by atoms with van der Waals surface area (Å²) in [6.07, 6.45) is 3.71. The molecular weight excluding hydrogens is 318 g/mol. The van der Waals surface area contributed by atoms with Crippen LogP contribution in [0.4, 0.5) is 5.95 Å². The normalized spacial score (nSPS) is 18.1. The number of ether oxygens (including phenoxy) is 1. The molecule has 4 heterocycles. The van der Waals surface area contributed by atoms with Crippen LogP contribution in [0, 0.1) is 13.8 Å². The fourth-order valence-electron chi connectivity index (χ4n) is 3.01. The Hall–Kier alpha value is -2.61. The molecule has 8 nitrogen and oxygen atoms in total. The van der Waals surface area contributed by atoms with Crippen LogP contribution in [0.5, 0.6) is 0 Å². The second-order valence-corrected chi connectivity index (χ2v) is 6.46. The molecule has 25 heavy (non-hydrogen) atoms. The van der Waals surface area contributed by atoms with Crippen molar-refractivity contribution in [2.24, 2.45) is 7.05 Å². The summed E-state index contributed by atoms with van der Waals surface area (Å²) >= 11 is 0. The molecule has 1 saturated heterocycles. The molecular formula is C17H21N7O. The predicted molar refractivity (Wildman–Crippen MR) is 94.4 cm³/mol. The van der Waals surface area contributed by atoms with Gasteiger partial charge in [-0.15, -0.1) is 0 Å². The Morgan fingerprint density at radius 3 is 2.64 bits per heavy atom. The van der Waals surface area contributed by atoms with E-state index in [0.29, 0.717) is 23.7 Å². The van der Waals surface area contributed by atoms with Gasteiger partial charge in [0.05, 0.1) is 42.3 Å². The van der Waals surface area contributed by atoms with E-state index in [-0.39, 0.29) is 6.10 Å². The van der Waals surface area contributed by atoms with E-state index in [1.54, 1.807) is 12.5 Å². The molecule has 0 radical (unpaired) electrons. The summed E-state index contributed by atoms with van der Waals surface area (Å²) in [5.74, 6) is 0.663. The van der Waals surface area contributed by atoms with Gasteiger partial charge in [0, 0.05) is 20.1 Å². The SMILES string of the molecule is Cc1nc2nc(N3CCO[C@H](C)C3)nc(-c3cncn3C)c2nc1C. The van der Waals surface area contributed by atoms with E-state index in [1.807, 2.05) is 25.5 Å². The van der Waals surface area contributed by atoms with Crippen LogP contribution in [0.25, 0.3) is 22.6 Å². The molecule has 0 bridgehead atoms. The minimum Gasteiger partial charge on any atom is -0.375 e. The number of fused-ring (bicyclic) bond motifs is 1. The third-order valence-corrected chi connectivity index (χ3v) is 4.51. The van der Waals surface area contributed by atoms with Crippen LogP contribution in [-0.2, 0) is 11.8 Å². The maximum absolute atomic E-state index is 5.63. The lowest BCUT2D eigenvalue weighted by Gasteiger charge is -2.31. The molecule has 3 aromatic rings. The molecule has 1 aliphatic rings. The zero-order chi connectivity index (χ0) is 17.6. The van der Waals surface area contributed by atoms with Crippen molar-refractivity contribution in [3.8, 4) is 11.4 Å². The van der Waals surface area contributed by atoms with Crippen LogP contribution in [0.3, 0.4) is 0 Å². The minimum absolute atomic E-state index is 0.152. The maximum atomic E-state index is 5.63. The van der Waals surface area contributed by atoms with Crippen LogP contribution in [0.1, 0.15) is 18.3 Å². The molecule has 1 atom stereocenters. The Kier molecular flexibility index (Phi) is 3.84. The third-order valence-electron chi connectivity index (χ3n) is 4.51. The van der Waals surface area contributed by atoms with Crippen molar-refractivity contribution >= 4 is 17.1 Å². The molecule has 0 spiro atoms. The highest BCUT2D eigenvalue weighted by Crippen LogP contribution is 2.27. The Balaban J connectivity index is 1.94. The molecule has 8 heteroatoms. The van der Waals surface area contributed by atoms with Gasteiger partial charge in [0.2, 0.25) is 5.95 Å². The molecule has 0 N–H and O–H groups in total. The van der Waals surface area contributed by atoms with Crippen LogP contribution in [-0.4, -0.2) is 55.3 Å². The second kappa shape index (κ2) is 6.03. The topological polar surface area (TPSA) is 81.9 Å². The molecule has 0 aromatic carbocycles. The van der Waals surface area contributed by atoms with E-state index in [1.165, 1.54) is 0 Å². The van der Waals surface area contributed by atoms with Crippen molar-refractivity contribution in [3.05, 3.63) is 23.9 Å². The van der Waals surface area contributed by atoms with Gasteiger partial charge >= 0.3 is 0 Å². The molecule has 0 amide bonds. The van der Waals surface area contributed by atoms with Gasteiger partial charge in [0.25, 0.3) is 0 Å². The first-order valence-corrected chi connectivity index (χ1v) is 8.39. The molecule has 3 aromatic heterocycles. The Labute approximate surface area is 145 Å². The van der Waals surface area contributed by atoms with Crippen LogP contribution >= 0.6 is 0 Å². The number of anilines is 1. The minimum atomic E-state index is 0.152. The molecule has 4 rings (SSSR count). The average molecular weight is 339 g/mol. The van der Waals surface area contributed by atoms with Crippen molar-refractivity contribution in [3.63, 3.8) is 0 Å². The third kappa shape index (κ3) is 2.82. The van der Waals surface area contributed by atoms with Crippen molar-refractivity contribution in [1.82, 2.24) is 29.5 Å². The number of hydrogen-bond acceptors (Lipinski definition) is 7. The van der Waals surface area contributed by atoms with Crippen molar-refractivity contribution in [1.29, 1.82) is 0 Å². The lowest BCUT2D eigenvalue weighted by Crippen LogP contribution is -2.42. The summed E-state index contributed by atoms with van der Waals surface area (Å²) < 4.78 is 7.57. The smallest absolute Gasteiger partial charge is 0.228 e. The average Bonchev–Trinajstić information content (AvgIpc) is 3.01. The van der Waals surface area contributed by atoms with Gasteiger partial charge in [-0.05, 0) is 20.8 Å². The van der Waals surface area contributed by atoms with E-state index in [4.69, 9.17) is 19.7 Å². The zero-order valence-electron chi connectivity index (χ0n) is 14.9. The van der Waals surface area contributed by atoms with E-state index in [9.17, 15) is 0 Å². The first-order valence-electron chi connectivity index (χ1n) is 8.39. The number of aromatic nitrogens is 6. The standard InChI is InChI=1S/C17H21N7O/c1-10-8-24(5-6-25-10)17-21-14(13-7-18-9-23(13)4)15-16(22-17)20-12(3)11(2)19-15/h7,9-10H,5-6,8H2,1-4H3/t10-/m1/s1. The summed E-state index contributed by atoms with van der Waals surface area (Å²) in [6, 6.07) is 0. The van der Waals surface area contributed by atoms with Crippen molar-refractivity contribution in [2.75, 3.05) is 24.6 Å². The van der Waals surface area contributed by atoms with Crippen LogP contribution in [0.2, 0.25) is 0 Å². The summed E-state index contributed by atoms with van der Waals surface area (Å²) in [7, 11) is 1.95. The monoisotopic (exact) mass is 339 g/mol. The number of nitrogens with zero attached hydrogens (tertiary/aromatic N) is 7. The van der Waals surface area contributed by atoms with Gasteiger partial charge in [-0.1, -0.05) is 0 Å². The Bertz CT molecular complexity index is 936. The predicted octanol–water partition coefficient (Wildman–Crippen LogP) is 1.66. The van der Waals surface area contributed by atoms with Gasteiger partial charge in [-0.2, -0.15) is 4.98 Å². The fourth-order valence-corrected chi connectivity index (χ4v) is 3.01. The van der Waals surface area contributed by atoms with E-state index >= 15 is 0 Å². The zero-order valence-corrected chi connectivity index (χ0v) is 14.9. The van der Waals surface area contributed by atoms with Crippen LogP contribution in [0.15, 0.2) is 12.5 Å². The lowest BCUT2D eigenvalue weighted by molar-refractivity contribution is 0.0526. The fraction of sp³-hybridized carbons (Fsp3) is 0.471. The van der Waals surface area contributed by atoms with Gasteiger partial charge in [-0.3, -0.25) is 0 Å². The second-order valence-electron chi connectivity index (χ2n) is 6.46. The molecule has 1 aliphatic heterocycles. The lowest BCUT2D eigenvalue weighted by atomic mass is 10.2. The number of rotatable bonds is 2. The van der Waals surface area contributed by atoms with E-state index in [2.05, 4.69) is 21.8 Å². The van der Waals surface area contributed by atoms with Crippen LogP contribution < -0.4 is 4.90 Å². The van der Waals surface area contributed by atoms with E-state index < -0.39 is 0 Å². The Morgan fingerprint density at radius 1 is 1.12 bits per heavy atom. The number of morpholine rings is 1. The molecule has 1 fully saturated rings. The highest BCUT2D eigenvalue weighted by molar-refractivity contribution is 5.86. The summed E-state index contributed by atoms with van der Waals surface area (Å²) in [5.41, 5.74) is 4.73. The maximum Gasteiger partial charge on any atom is 0.228 e. The van der Waals surface area contributed by atoms with Gasteiger partial charge in [-0.25, -0.2) is 19.9 Å². The Morgan fingerprint density at radius 2 is 1.92 bits per heavy atom. The number of aryl methyl sites for hydroxylation is 3. The number of hydrogen-bond donors (Lipinski definition) is 0. The van der Waals surface area contributed by atoms with E-state index in [0.717, 1.165) is 35.9 Å². The first-order chi connectivity index (χ1) is 12.0. The number of imidazole rings is 1. The highest BCUT2D eigenvalue weighted by Gasteiger charge is 2.23. The molecule has 0 unspecified atom stereocenters. The summed E-state index contributed by atoms with van der Waals surface area (Å²) in [4.78, 5) is 25.2. The van der Waals surface area contributed by atoms with Crippen molar-refractivity contribution in [2.45, 2.75) is 26.9 Å². The van der Waals surface area contributed by atoms with Gasteiger partial charge in [0.1, 0.15) is 11.2 Å². The molecule has 130 valence electrons. The van der Waals surface area contributed by atoms with Crippen molar-refractivity contribution < 1.29 is 4.74 Å². The summed E-state index contributed by atoms with van der Waals surface area (Å²) in [5, 5.41) is 0. The van der Waals surface area contributed by atoms with Gasteiger partial charge < -0.3 is 14.2 Å². The quantitative estimate of drug-likeness (QED) is 0.702.